The Labute approximate surface area is 133 Å². The van der Waals surface area contributed by atoms with Gasteiger partial charge in [0.2, 0.25) is 11.8 Å². The Morgan fingerprint density at radius 3 is 2.61 bits per heavy atom. The predicted molar refractivity (Wildman–Crippen MR) is 81.3 cm³/mol. The van der Waals surface area contributed by atoms with Gasteiger partial charge in [-0.05, 0) is 17.7 Å². The number of anilines is 1. The Morgan fingerprint density at radius 1 is 1.35 bits per heavy atom. The second-order valence-corrected chi connectivity index (χ2v) is 5.42. The van der Waals surface area contributed by atoms with E-state index in [0.29, 0.717) is 6.47 Å². The van der Waals surface area contributed by atoms with Crippen LogP contribution in [-0.2, 0) is 30.5 Å². The van der Waals surface area contributed by atoms with Crippen molar-refractivity contribution in [3.8, 4) is 0 Å². The van der Waals surface area contributed by atoms with E-state index >= 15 is 0 Å². The molecule has 2 amide bonds. The fourth-order valence-corrected chi connectivity index (χ4v) is 2.30. The van der Waals surface area contributed by atoms with E-state index in [1.165, 1.54) is 0 Å². The van der Waals surface area contributed by atoms with Crippen LogP contribution in [0.3, 0.4) is 0 Å². The molecule has 0 bridgehead atoms. The maximum Gasteiger partial charge on any atom is 0.293 e. The van der Waals surface area contributed by atoms with Crippen LogP contribution in [-0.4, -0.2) is 42.1 Å². The Hall–Kier alpha value is -2.70. The Morgan fingerprint density at radius 2 is 2.04 bits per heavy atom. The van der Waals surface area contributed by atoms with Crippen molar-refractivity contribution < 1.29 is 23.9 Å². The predicted octanol–water partition coefficient (Wildman–Crippen LogP) is 0.736. The number of imide groups is 1. The lowest BCUT2D eigenvalue weighted by molar-refractivity contribution is -0.142. The summed E-state index contributed by atoms with van der Waals surface area (Å²) < 4.78 is 4.64. The van der Waals surface area contributed by atoms with E-state index in [1.807, 2.05) is 0 Å². The molecule has 0 aliphatic carbocycles. The SMILES string of the molecule is CC1CC(=O)N(CC(=O)CNc2ccc(COC=O)cc2)C1=O. The average molecular weight is 318 g/mol. The lowest BCUT2D eigenvalue weighted by Gasteiger charge is -2.14. The zero-order valence-electron chi connectivity index (χ0n) is 12.8. The molecule has 1 fully saturated rings. The third-order valence-corrected chi connectivity index (χ3v) is 3.57. The molecule has 1 aliphatic rings. The molecule has 1 aliphatic heterocycles. The van der Waals surface area contributed by atoms with Gasteiger partial charge in [0.1, 0.15) is 6.61 Å². The molecule has 23 heavy (non-hydrogen) atoms. The summed E-state index contributed by atoms with van der Waals surface area (Å²) in [7, 11) is 0. The number of ether oxygens (including phenoxy) is 1. The van der Waals surface area contributed by atoms with E-state index in [1.54, 1.807) is 31.2 Å². The largest absolute Gasteiger partial charge is 0.463 e. The standard InChI is InChI=1S/C16H18N2O5/c1-11-6-15(21)18(16(11)22)8-14(20)7-17-13-4-2-12(3-5-13)9-23-10-19/h2-5,10-11,17H,6-9H2,1H3. The lowest BCUT2D eigenvalue weighted by Crippen LogP contribution is -2.37. The summed E-state index contributed by atoms with van der Waals surface area (Å²) in [4.78, 5) is 46.4. The summed E-state index contributed by atoms with van der Waals surface area (Å²) in [6.45, 7) is 2.08. The molecule has 1 atom stereocenters. The summed E-state index contributed by atoms with van der Waals surface area (Å²) in [5, 5.41) is 2.93. The van der Waals surface area contributed by atoms with Gasteiger partial charge in [0, 0.05) is 18.0 Å². The molecule has 122 valence electrons. The Balaban J connectivity index is 1.81. The topological polar surface area (TPSA) is 92.8 Å². The number of benzene rings is 1. The van der Waals surface area contributed by atoms with E-state index in [9.17, 15) is 19.2 Å². The van der Waals surface area contributed by atoms with Crippen molar-refractivity contribution in [2.75, 3.05) is 18.4 Å². The van der Waals surface area contributed by atoms with Crippen molar-refractivity contribution in [2.45, 2.75) is 20.0 Å². The first-order valence-electron chi connectivity index (χ1n) is 7.25. The fraction of sp³-hybridized carbons (Fsp3) is 0.375. The number of Topliss-reactive ketones (excluding diaryl/α,β-unsaturated/α-hetero) is 1. The van der Waals surface area contributed by atoms with Gasteiger partial charge in [0.25, 0.3) is 6.47 Å². The molecular weight excluding hydrogens is 300 g/mol. The number of carbonyl (C=O) groups excluding carboxylic acids is 4. The molecule has 1 saturated heterocycles. The van der Waals surface area contributed by atoms with Crippen LogP contribution in [0, 0.1) is 5.92 Å². The van der Waals surface area contributed by atoms with Crippen LogP contribution in [0.5, 0.6) is 0 Å². The molecular formula is C16H18N2O5. The van der Waals surface area contributed by atoms with Gasteiger partial charge in [0.15, 0.2) is 5.78 Å². The van der Waals surface area contributed by atoms with Gasteiger partial charge in [-0.1, -0.05) is 19.1 Å². The lowest BCUT2D eigenvalue weighted by atomic mass is 10.1. The molecule has 0 spiro atoms. The zero-order chi connectivity index (χ0) is 16.8. The second kappa shape index (κ2) is 7.53. The molecule has 0 saturated carbocycles. The first kappa shape index (κ1) is 16.7. The number of nitrogens with zero attached hydrogens (tertiary/aromatic N) is 1. The average Bonchev–Trinajstić information content (AvgIpc) is 2.78. The summed E-state index contributed by atoms with van der Waals surface area (Å²) in [6.07, 6.45) is 0.170. The number of hydrogen-bond acceptors (Lipinski definition) is 6. The zero-order valence-corrected chi connectivity index (χ0v) is 12.8. The van der Waals surface area contributed by atoms with Gasteiger partial charge in [-0.3, -0.25) is 24.1 Å². The first-order chi connectivity index (χ1) is 11.0. The third-order valence-electron chi connectivity index (χ3n) is 3.57. The Bertz CT molecular complexity index is 611. The molecule has 0 radical (unpaired) electrons. The van der Waals surface area contributed by atoms with E-state index < -0.39 is 0 Å². The van der Waals surface area contributed by atoms with E-state index in [-0.39, 0.29) is 49.6 Å². The molecule has 7 heteroatoms. The highest BCUT2D eigenvalue weighted by molar-refractivity contribution is 6.06. The molecule has 7 nitrogen and oxygen atoms in total. The number of nitrogens with one attached hydrogen (secondary N) is 1. The Kier molecular flexibility index (Phi) is 5.46. The number of carbonyl (C=O) groups is 4. The highest BCUT2D eigenvalue weighted by atomic mass is 16.5. The summed E-state index contributed by atoms with van der Waals surface area (Å²) >= 11 is 0. The normalized spacial score (nSPS) is 17.3. The minimum atomic E-state index is -0.343. The van der Waals surface area contributed by atoms with Gasteiger partial charge in [-0.2, -0.15) is 0 Å². The second-order valence-electron chi connectivity index (χ2n) is 5.42. The summed E-state index contributed by atoms with van der Waals surface area (Å²) in [5.41, 5.74) is 1.55. The molecule has 0 aromatic heterocycles. The monoisotopic (exact) mass is 318 g/mol. The number of likely N-dealkylation sites (tertiary alicyclic amines) is 1. The maximum absolute atomic E-state index is 11.9. The molecule has 1 aromatic rings. The van der Waals surface area contributed by atoms with Crippen molar-refractivity contribution in [1.82, 2.24) is 4.90 Å². The third kappa shape index (κ3) is 4.38. The highest BCUT2D eigenvalue weighted by Crippen LogP contribution is 2.18. The van der Waals surface area contributed by atoms with Crippen molar-refractivity contribution in [2.24, 2.45) is 5.92 Å². The summed E-state index contributed by atoms with van der Waals surface area (Å²) in [6, 6.07) is 7.05. The molecule has 1 unspecified atom stereocenters. The number of ketones is 1. The van der Waals surface area contributed by atoms with Crippen LogP contribution in [0.4, 0.5) is 5.69 Å². The molecule has 2 rings (SSSR count). The minimum Gasteiger partial charge on any atom is -0.463 e. The molecule has 1 N–H and O–H groups in total. The van der Waals surface area contributed by atoms with Crippen LogP contribution < -0.4 is 5.32 Å². The van der Waals surface area contributed by atoms with E-state index in [4.69, 9.17) is 0 Å². The first-order valence-corrected chi connectivity index (χ1v) is 7.25. The quantitative estimate of drug-likeness (QED) is 0.561. The maximum atomic E-state index is 11.9. The molecule has 1 aromatic carbocycles. The van der Waals surface area contributed by atoms with Crippen molar-refractivity contribution in [3.63, 3.8) is 0 Å². The minimum absolute atomic E-state index is 0.0234. The fourth-order valence-electron chi connectivity index (χ4n) is 2.30. The van der Waals surface area contributed by atoms with E-state index in [2.05, 4.69) is 10.1 Å². The van der Waals surface area contributed by atoms with Gasteiger partial charge in [0.05, 0.1) is 13.1 Å². The molecule has 1 heterocycles. The van der Waals surface area contributed by atoms with Gasteiger partial charge in [-0.25, -0.2) is 0 Å². The van der Waals surface area contributed by atoms with Crippen LogP contribution >= 0.6 is 0 Å². The van der Waals surface area contributed by atoms with Crippen molar-refractivity contribution >= 4 is 29.8 Å². The smallest absolute Gasteiger partial charge is 0.293 e. The van der Waals surface area contributed by atoms with Crippen molar-refractivity contribution in [1.29, 1.82) is 0 Å². The highest BCUT2D eigenvalue weighted by Gasteiger charge is 2.36. The van der Waals surface area contributed by atoms with Crippen LogP contribution in [0.25, 0.3) is 0 Å². The van der Waals surface area contributed by atoms with Gasteiger partial charge < -0.3 is 10.1 Å². The summed E-state index contributed by atoms with van der Waals surface area (Å²) in [5.74, 6) is -1.17. The number of rotatable bonds is 8. The number of amides is 2. The van der Waals surface area contributed by atoms with Gasteiger partial charge >= 0.3 is 0 Å². The number of hydrogen-bond donors (Lipinski definition) is 1. The van der Waals surface area contributed by atoms with E-state index in [0.717, 1.165) is 16.2 Å². The van der Waals surface area contributed by atoms with Crippen LogP contribution in [0.15, 0.2) is 24.3 Å². The van der Waals surface area contributed by atoms with Gasteiger partial charge in [-0.15, -0.1) is 0 Å². The van der Waals surface area contributed by atoms with Crippen LogP contribution in [0.1, 0.15) is 18.9 Å². The van der Waals surface area contributed by atoms with Crippen LogP contribution in [0.2, 0.25) is 0 Å². The van der Waals surface area contributed by atoms with Crippen molar-refractivity contribution in [3.05, 3.63) is 29.8 Å².